The Labute approximate surface area is 183 Å². The van der Waals surface area contributed by atoms with Gasteiger partial charge in [0.25, 0.3) is 5.56 Å². The van der Waals surface area contributed by atoms with Crippen molar-refractivity contribution >= 4 is 22.9 Å². The summed E-state index contributed by atoms with van der Waals surface area (Å²) in [6, 6.07) is 17.5. The second kappa shape index (κ2) is 8.14. The first-order valence-corrected chi connectivity index (χ1v) is 11.0. The summed E-state index contributed by atoms with van der Waals surface area (Å²) >= 11 is 7.60. The van der Waals surface area contributed by atoms with Crippen LogP contribution in [0.2, 0.25) is 5.02 Å². The maximum absolute atomic E-state index is 12.7. The number of hydrogen-bond acceptors (Lipinski definition) is 5. The van der Waals surface area contributed by atoms with E-state index >= 15 is 0 Å². The summed E-state index contributed by atoms with van der Waals surface area (Å²) in [6.07, 6.45) is 0.757. The second-order valence-corrected chi connectivity index (χ2v) is 8.61. The van der Waals surface area contributed by atoms with Gasteiger partial charge in [-0.2, -0.15) is 0 Å². The molecule has 5 nitrogen and oxygen atoms in total. The normalized spacial score (nSPS) is 13.9. The molecule has 4 aromatic rings. The minimum atomic E-state index is -0.0521. The average Bonchev–Trinajstić information content (AvgIpc) is 3.23. The molecule has 5 rings (SSSR count). The lowest BCUT2D eigenvalue weighted by Crippen LogP contribution is -2.35. The minimum absolute atomic E-state index is 0.0521. The largest absolute Gasteiger partial charge is 0.306 e. The lowest BCUT2D eigenvalue weighted by atomic mass is 10.1. The van der Waals surface area contributed by atoms with E-state index in [1.165, 1.54) is 0 Å². The topological polar surface area (TPSA) is 61.9 Å². The highest BCUT2D eigenvalue weighted by Crippen LogP contribution is 2.26. The van der Waals surface area contributed by atoms with Gasteiger partial charge in [0, 0.05) is 47.6 Å². The van der Waals surface area contributed by atoms with Crippen LogP contribution in [0.5, 0.6) is 0 Å². The van der Waals surface area contributed by atoms with Crippen molar-refractivity contribution in [2.75, 3.05) is 6.54 Å². The lowest BCUT2D eigenvalue weighted by molar-refractivity contribution is 0.239. The van der Waals surface area contributed by atoms with Crippen LogP contribution in [-0.2, 0) is 19.5 Å². The Kier molecular flexibility index (Phi) is 5.21. The molecule has 0 atom stereocenters. The van der Waals surface area contributed by atoms with E-state index in [2.05, 4.69) is 15.3 Å². The quantitative estimate of drug-likeness (QED) is 0.502. The summed E-state index contributed by atoms with van der Waals surface area (Å²) in [5.74, 6) is 0.639. The number of halogens is 1. The highest BCUT2D eigenvalue weighted by Gasteiger charge is 2.22. The van der Waals surface area contributed by atoms with Crippen LogP contribution in [-0.4, -0.2) is 26.4 Å². The van der Waals surface area contributed by atoms with Crippen molar-refractivity contribution in [3.8, 4) is 22.0 Å². The van der Waals surface area contributed by atoms with Gasteiger partial charge in [-0.25, -0.2) is 9.97 Å². The number of aromatic amines is 1. The van der Waals surface area contributed by atoms with Crippen LogP contribution in [0.25, 0.3) is 22.0 Å². The van der Waals surface area contributed by atoms with Crippen molar-refractivity contribution in [3.05, 3.63) is 92.3 Å². The van der Waals surface area contributed by atoms with Gasteiger partial charge in [0.2, 0.25) is 0 Å². The van der Waals surface area contributed by atoms with Crippen LogP contribution in [0, 0.1) is 0 Å². The third kappa shape index (κ3) is 3.94. The van der Waals surface area contributed by atoms with Crippen molar-refractivity contribution in [1.82, 2.24) is 19.9 Å². The first-order valence-electron chi connectivity index (χ1n) is 9.76. The van der Waals surface area contributed by atoms with Gasteiger partial charge in [-0.3, -0.25) is 9.69 Å². The fraction of sp³-hybridized carbons (Fsp3) is 0.174. The van der Waals surface area contributed by atoms with Crippen LogP contribution in [0.4, 0.5) is 0 Å². The number of aromatic nitrogens is 3. The van der Waals surface area contributed by atoms with Crippen molar-refractivity contribution in [1.29, 1.82) is 0 Å². The van der Waals surface area contributed by atoms with Gasteiger partial charge >= 0.3 is 0 Å². The molecule has 7 heteroatoms. The van der Waals surface area contributed by atoms with Crippen molar-refractivity contribution in [3.63, 3.8) is 0 Å². The van der Waals surface area contributed by atoms with E-state index in [-0.39, 0.29) is 5.56 Å². The maximum Gasteiger partial charge on any atom is 0.255 e. The van der Waals surface area contributed by atoms with Crippen molar-refractivity contribution < 1.29 is 0 Å². The second-order valence-electron chi connectivity index (χ2n) is 7.32. The Morgan fingerprint density at radius 2 is 1.83 bits per heavy atom. The highest BCUT2D eigenvalue weighted by atomic mass is 35.5. The molecule has 30 heavy (non-hydrogen) atoms. The van der Waals surface area contributed by atoms with Gasteiger partial charge in [0.15, 0.2) is 0 Å². The molecule has 0 amide bonds. The number of nitrogens with one attached hydrogen (secondary N) is 1. The zero-order valence-electron chi connectivity index (χ0n) is 16.1. The van der Waals surface area contributed by atoms with Gasteiger partial charge in [-0.1, -0.05) is 54.1 Å². The number of nitrogens with zero attached hydrogens (tertiary/aromatic N) is 3. The molecule has 1 N–H and O–H groups in total. The van der Waals surface area contributed by atoms with E-state index in [9.17, 15) is 4.79 Å². The number of rotatable bonds is 4. The Bertz CT molecular complexity index is 1230. The van der Waals surface area contributed by atoms with E-state index < -0.39 is 0 Å². The summed E-state index contributed by atoms with van der Waals surface area (Å²) in [5.41, 5.74) is 4.61. The summed E-state index contributed by atoms with van der Waals surface area (Å²) in [7, 11) is 0. The minimum Gasteiger partial charge on any atom is -0.306 e. The number of hydrogen-bond donors (Lipinski definition) is 1. The molecule has 0 aliphatic carbocycles. The molecule has 0 fully saturated rings. The van der Waals surface area contributed by atoms with Gasteiger partial charge in [0.1, 0.15) is 10.8 Å². The number of fused-ring (bicyclic) bond motifs is 1. The smallest absolute Gasteiger partial charge is 0.255 e. The van der Waals surface area contributed by atoms with E-state index in [1.807, 2.05) is 54.6 Å². The fourth-order valence-electron chi connectivity index (χ4n) is 3.68. The molecule has 1 aliphatic heterocycles. The van der Waals surface area contributed by atoms with Crippen LogP contribution in [0.3, 0.4) is 0 Å². The molecule has 0 bridgehead atoms. The monoisotopic (exact) mass is 434 g/mol. The zero-order valence-corrected chi connectivity index (χ0v) is 17.7. The molecule has 2 aromatic carbocycles. The summed E-state index contributed by atoms with van der Waals surface area (Å²) in [6.45, 7) is 2.15. The Morgan fingerprint density at radius 3 is 2.63 bits per heavy atom. The van der Waals surface area contributed by atoms with Crippen LogP contribution < -0.4 is 5.56 Å². The average molecular weight is 435 g/mol. The molecule has 2 aromatic heterocycles. The van der Waals surface area contributed by atoms with Crippen LogP contribution >= 0.6 is 22.9 Å². The van der Waals surface area contributed by atoms with E-state index in [0.29, 0.717) is 18.9 Å². The van der Waals surface area contributed by atoms with Crippen molar-refractivity contribution in [2.45, 2.75) is 19.5 Å². The van der Waals surface area contributed by atoms with Gasteiger partial charge in [-0.15, -0.1) is 11.3 Å². The Balaban J connectivity index is 1.33. The standard InChI is InChI=1S/C23H19ClN4OS/c24-17-8-6-16(7-9-17)23-25-18(14-30-23)12-28-11-10-20-19(13-28)22(29)27-21(26-20)15-4-2-1-3-5-15/h1-9,14H,10-13H2,(H,26,27,29). The molecule has 3 heterocycles. The summed E-state index contributed by atoms with van der Waals surface area (Å²) in [5, 5.41) is 3.78. The molecule has 0 radical (unpaired) electrons. The third-order valence-corrected chi connectivity index (χ3v) is 6.42. The van der Waals surface area contributed by atoms with Gasteiger partial charge in [-0.05, 0) is 12.1 Å². The molecular formula is C23H19ClN4OS. The molecule has 0 unspecified atom stereocenters. The first kappa shape index (κ1) is 19.2. The van der Waals surface area contributed by atoms with Crippen molar-refractivity contribution in [2.24, 2.45) is 0 Å². The van der Waals surface area contributed by atoms with Gasteiger partial charge < -0.3 is 4.98 Å². The third-order valence-electron chi connectivity index (χ3n) is 5.22. The molecule has 0 saturated carbocycles. The van der Waals surface area contributed by atoms with E-state index in [1.54, 1.807) is 11.3 Å². The number of H-pyrrole nitrogens is 1. The first-order chi connectivity index (χ1) is 14.7. The number of benzene rings is 2. The SMILES string of the molecule is O=c1[nH]c(-c2ccccc2)nc2c1CN(Cc1csc(-c3ccc(Cl)cc3)n1)CC2. The molecule has 150 valence electrons. The molecule has 0 spiro atoms. The fourth-order valence-corrected chi connectivity index (χ4v) is 4.63. The van der Waals surface area contributed by atoms with Crippen LogP contribution in [0.1, 0.15) is 17.0 Å². The van der Waals surface area contributed by atoms with Crippen LogP contribution in [0.15, 0.2) is 64.8 Å². The predicted octanol–water partition coefficient (Wildman–Crippen LogP) is 4.77. The van der Waals surface area contributed by atoms with E-state index in [4.69, 9.17) is 21.6 Å². The van der Waals surface area contributed by atoms with Gasteiger partial charge in [0.05, 0.1) is 17.0 Å². The molecule has 0 saturated heterocycles. The lowest BCUT2D eigenvalue weighted by Gasteiger charge is -2.27. The summed E-state index contributed by atoms with van der Waals surface area (Å²) < 4.78 is 0. The van der Waals surface area contributed by atoms with E-state index in [0.717, 1.165) is 51.1 Å². The number of thiazole rings is 1. The zero-order chi connectivity index (χ0) is 20.5. The Morgan fingerprint density at radius 1 is 1.03 bits per heavy atom. The predicted molar refractivity (Wildman–Crippen MR) is 121 cm³/mol. The molecular weight excluding hydrogens is 416 g/mol. The summed E-state index contributed by atoms with van der Waals surface area (Å²) in [4.78, 5) is 27.4. The highest BCUT2D eigenvalue weighted by molar-refractivity contribution is 7.13. The maximum atomic E-state index is 12.7. The molecule has 1 aliphatic rings. The Hall–Kier alpha value is -2.80.